The van der Waals surface area contributed by atoms with Crippen LogP contribution in [0.5, 0.6) is 0 Å². The lowest BCUT2D eigenvalue weighted by Crippen LogP contribution is -2.29. The van der Waals surface area contributed by atoms with Crippen molar-refractivity contribution in [3.8, 4) is 11.1 Å². The van der Waals surface area contributed by atoms with Gasteiger partial charge in [0.25, 0.3) is 25.8 Å². The zero-order valence-corrected chi connectivity index (χ0v) is 30.0. The molecule has 1 aliphatic carbocycles. The highest BCUT2D eigenvalue weighted by Gasteiger charge is 2.35. The quantitative estimate of drug-likeness (QED) is 0.135. The largest absolute Gasteiger partial charge is 0.354 e. The molecule has 2 heterocycles. The number of nitrogens with one attached hydrogen (secondary N) is 1. The van der Waals surface area contributed by atoms with Crippen LogP contribution >= 0.6 is 11.6 Å². The number of benzene rings is 4. The molecule has 0 spiro atoms. The number of carbonyl (C=O) groups is 2. The van der Waals surface area contributed by atoms with Gasteiger partial charge in [0.1, 0.15) is 4.90 Å². The Morgan fingerprint density at radius 2 is 1.45 bits per heavy atom. The first-order valence-electron chi connectivity index (χ1n) is 15.1. The molecule has 0 amide bonds. The highest BCUT2D eigenvalue weighted by molar-refractivity contribution is 7.91. The molecule has 0 saturated carbocycles. The van der Waals surface area contributed by atoms with E-state index in [0.717, 1.165) is 41.1 Å². The number of fused-ring (bicyclic) bond motifs is 2. The molecular formula is C35H22ClN3O11S3. The third-order valence-electron chi connectivity index (χ3n) is 8.64. The zero-order valence-electron chi connectivity index (χ0n) is 26.8. The van der Waals surface area contributed by atoms with Gasteiger partial charge in [0.05, 0.1) is 37.8 Å². The number of sulfone groups is 1. The van der Waals surface area contributed by atoms with Crippen molar-refractivity contribution < 1.29 is 43.9 Å². The zero-order chi connectivity index (χ0) is 38.2. The third kappa shape index (κ3) is 6.02. The molecule has 3 N–H and O–H groups in total. The summed E-state index contributed by atoms with van der Waals surface area (Å²) in [6.45, 7) is 0. The van der Waals surface area contributed by atoms with Gasteiger partial charge >= 0.3 is 0 Å². The lowest BCUT2D eigenvalue weighted by molar-refractivity contribution is 0.102. The van der Waals surface area contributed by atoms with Crippen LogP contribution in [-0.2, 0) is 37.1 Å². The predicted molar refractivity (Wildman–Crippen MR) is 192 cm³/mol. The Morgan fingerprint density at radius 3 is 2.13 bits per heavy atom. The van der Waals surface area contributed by atoms with Crippen molar-refractivity contribution in [3.05, 3.63) is 135 Å². The highest BCUT2D eigenvalue weighted by atomic mass is 35.5. The maximum Gasteiger partial charge on any atom is 0.296 e. The Hall–Kier alpha value is -5.56. The summed E-state index contributed by atoms with van der Waals surface area (Å²) in [4.78, 5) is 44.2. The second-order valence-corrected chi connectivity index (χ2v) is 16.9. The first kappa shape index (κ1) is 35.8. The second-order valence-electron chi connectivity index (χ2n) is 11.8. The number of hydrogen-bond acceptors (Lipinski definition) is 11. The van der Waals surface area contributed by atoms with Gasteiger partial charge in [-0.3, -0.25) is 23.5 Å². The van der Waals surface area contributed by atoms with E-state index >= 15 is 0 Å². The van der Waals surface area contributed by atoms with Crippen LogP contribution in [0.15, 0.2) is 122 Å². The molecule has 18 heteroatoms. The Labute approximate surface area is 305 Å². The standard InChI is InChI=1S/C35H22ClN3O11S3/c1-39-26-12-11-25(38-24-10-9-20(17-27(24)53(48,49)50)51(43,44)28-16-19(36)13-14-37-28)30-31(26)29(22-7-2-3-8-23(22)34(30)41)32(35(39)42)33(40)18-5-4-6-21(15-18)52(45,46)47/h2-17,38H,1H3,(H,45,46,47)(H,48,49,50). The molecule has 0 unspecified atom stereocenters. The number of aryl methyl sites for hydroxylation is 1. The number of anilines is 2. The van der Waals surface area contributed by atoms with E-state index in [9.17, 15) is 48.7 Å². The van der Waals surface area contributed by atoms with E-state index in [1.807, 2.05) is 0 Å². The van der Waals surface area contributed by atoms with E-state index < -0.39 is 72.5 Å². The average molecular weight is 792 g/mol. The summed E-state index contributed by atoms with van der Waals surface area (Å²) in [5, 5.41) is 2.50. The van der Waals surface area contributed by atoms with E-state index in [0.29, 0.717) is 6.07 Å². The van der Waals surface area contributed by atoms with Crippen LogP contribution in [0.25, 0.3) is 22.0 Å². The second kappa shape index (κ2) is 12.5. The molecule has 0 bridgehead atoms. The van der Waals surface area contributed by atoms with Crippen LogP contribution in [0.4, 0.5) is 11.4 Å². The summed E-state index contributed by atoms with van der Waals surface area (Å²) in [5.41, 5.74) is -1.44. The van der Waals surface area contributed by atoms with Crippen LogP contribution in [0.1, 0.15) is 31.8 Å². The van der Waals surface area contributed by atoms with Crippen LogP contribution in [0.2, 0.25) is 5.02 Å². The van der Waals surface area contributed by atoms with Crippen LogP contribution in [0, 0.1) is 0 Å². The first-order chi connectivity index (χ1) is 24.9. The summed E-state index contributed by atoms with van der Waals surface area (Å²) >= 11 is 5.94. The number of nitrogens with zero attached hydrogens (tertiary/aromatic N) is 2. The minimum absolute atomic E-state index is 0.0321. The molecule has 0 saturated heterocycles. The van der Waals surface area contributed by atoms with E-state index in [-0.39, 0.29) is 55.1 Å². The van der Waals surface area contributed by atoms with Crippen molar-refractivity contribution in [2.45, 2.75) is 19.7 Å². The van der Waals surface area contributed by atoms with E-state index in [2.05, 4.69) is 10.3 Å². The molecule has 268 valence electrons. The Kier molecular flexibility index (Phi) is 8.48. The molecular weight excluding hydrogens is 770 g/mol. The van der Waals surface area contributed by atoms with Crippen molar-refractivity contribution in [3.63, 3.8) is 0 Å². The fraction of sp³-hybridized carbons (Fsp3) is 0.0286. The lowest BCUT2D eigenvalue weighted by atomic mass is 9.80. The maximum absolute atomic E-state index is 14.3. The van der Waals surface area contributed by atoms with Crippen molar-refractivity contribution >= 4 is 75.5 Å². The molecule has 1 aliphatic rings. The van der Waals surface area contributed by atoms with Crippen LogP contribution in [-0.4, -0.2) is 55.5 Å². The van der Waals surface area contributed by atoms with Crippen molar-refractivity contribution in [2.75, 3.05) is 5.32 Å². The topological polar surface area (TPSA) is 224 Å². The molecule has 6 aromatic rings. The third-order valence-corrected chi connectivity index (χ3v) is 12.3. The van der Waals surface area contributed by atoms with Crippen molar-refractivity contribution in [1.82, 2.24) is 9.55 Å². The number of ketones is 2. The Bertz CT molecular complexity index is 3030. The predicted octanol–water partition coefficient (Wildman–Crippen LogP) is 5.10. The van der Waals surface area contributed by atoms with E-state index in [1.54, 1.807) is 12.1 Å². The van der Waals surface area contributed by atoms with Crippen LogP contribution in [0.3, 0.4) is 0 Å². The summed E-state index contributed by atoms with van der Waals surface area (Å²) in [6, 6.07) is 18.6. The number of pyridine rings is 2. The number of carbonyl (C=O) groups excluding carboxylic acids is 2. The Morgan fingerprint density at radius 1 is 0.755 bits per heavy atom. The SMILES string of the molecule is Cn1c(=O)c(C(=O)c2cccc(S(=O)(=O)O)c2)c2c3c(c(Nc4ccc(S(=O)(=O)c5cc(Cl)ccn5)cc4S(=O)(=O)O)ccc31)C(=O)c1ccccc1-2. The smallest absolute Gasteiger partial charge is 0.296 e. The fourth-order valence-electron chi connectivity index (χ4n) is 6.21. The number of hydrogen-bond donors (Lipinski definition) is 3. The number of rotatable bonds is 8. The molecule has 14 nitrogen and oxygen atoms in total. The maximum atomic E-state index is 14.3. The van der Waals surface area contributed by atoms with Gasteiger partial charge in [-0.15, -0.1) is 0 Å². The summed E-state index contributed by atoms with van der Waals surface area (Å²) in [6.07, 6.45) is 1.15. The van der Waals surface area contributed by atoms with Gasteiger partial charge in [0.15, 0.2) is 16.6 Å². The van der Waals surface area contributed by atoms with Gasteiger partial charge in [0, 0.05) is 40.3 Å². The molecule has 53 heavy (non-hydrogen) atoms. The molecule has 0 atom stereocenters. The molecule has 0 aliphatic heterocycles. The van der Waals surface area contributed by atoms with Gasteiger partial charge < -0.3 is 9.88 Å². The highest BCUT2D eigenvalue weighted by Crippen LogP contribution is 2.44. The summed E-state index contributed by atoms with van der Waals surface area (Å²) in [5.74, 6) is -1.51. The normalized spacial score (nSPS) is 12.8. The minimum Gasteiger partial charge on any atom is -0.354 e. The van der Waals surface area contributed by atoms with Crippen molar-refractivity contribution in [1.29, 1.82) is 0 Å². The minimum atomic E-state index is -5.13. The molecule has 0 radical (unpaired) electrons. The first-order valence-corrected chi connectivity index (χ1v) is 19.8. The molecule has 2 aromatic heterocycles. The van der Waals surface area contributed by atoms with E-state index in [4.69, 9.17) is 11.6 Å². The monoisotopic (exact) mass is 791 g/mol. The van der Waals surface area contributed by atoms with Crippen molar-refractivity contribution in [2.24, 2.45) is 7.05 Å². The van der Waals surface area contributed by atoms with Gasteiger partial charge in [-0.2, -0.15) is 16.8 Å². The summed E-state index contributed by atoms with van der Waals surface area (Å²) in [7, 11) is -12.9. The van der Waals surface area contributed by atoms with Gasteiger partial charge in [-0.25, -0.2) is 13.4 Å². The molecule has 0 fully saturated rings. The molecule has 4 aromatic carbocycles. The van der Waals surface area contributed by atoms with Gasteiger partial charge in [-0.1, -0.05) is 48.0 Å². The lowest BCUT2D eigenvalue weighted by Gasteiger charge is -2.26. The molecule has 7 rings (SSSR count). The van der Waals surface area contributed by atoms with Gasteiger partial charge in [0.2, 0.25) is 9.84 Å². The number of aromatic nitrogens is 2. The van der Waals surface area contributed by atoms with Crippen LogP contribution < -0.4 is 10.9 Å². The summed E-state index contributed by atoms with van der Waals surface area (Å²) < 4.78 is 96.8. The Balaban J connectivity index is 1.47. The fourth-order valence-corrected chi connectivity index (χ4v) is 8.96. The number of halogens is 1. The van der Waals surface area contributed by atoms with E-state index in [1.165, 1.54) is 49.5 Å². The van der Waals surface area contributed by atoms with Gasteiger partial charge in [-0.05, 0) is 60.2 Å². The average Bonchev–Trinajstić information content (AvgIpc) is 3.11.